The van der Waals surface area contributed by atoms with Gasteiger partial charge in [0.2, 0.25) is 0 Å². The normalized spacial score (nSPS) is 22.0. The van der Waals surface area contributed by atoms with Crippen molar-refractivity contribution in [3.05, 3.63) is 65.7 Å². The van der Waals surface area contributed by atoms with Gasteiger partial charge in [0.05, 0.1) is 6.10 Å². The molecule has 2 aromatic rings. The van der Waals surface area contributed by atoms with Crippen LogP contribution in [0.1, 0.15) is 42.7 Å². The summed E-state index contributed by atoms with van der Waals surface area (Å²) >= 11 is 0. The van der Waals surface area contributed by atoms with Crippen LogP contribution >= 0.6 is 0 Å². The number of aliphatic hydroxyl groups excluding tert-OH is 1. The standard InChI is InChI=1S/C19H22O2/c20-18-12-6-4-10-16(18)17-11-5-7-13-19(17)21-14-15-8-2-1-3-9-15/h1-3,5,7-9,11,13,16,18,20H,4,6,10,12,14H2. The SMILES string of the molecule is OC1CCCCC1c1ccccc1OCc1ccccc1. The van der Waals surface area contributed by atoms with Crippen LogP contribution in [0.5, 0.6) is 5.75 Å². The highest BCUT2D eigenvalue weighted by Gasteiger charge is 2.26. The first-order valence-electron chi connectivity index (χ1n) is 7.78. The zero-order chi connectivity index (χ0) is 14.5. The lowest BCUT2D eigenvalue weighted by Gasteiger charge is -2.29. The Labute approximate surface area is 126 Å². The van der Waals surface area contributed by atoms with E-state index in [4.69, 9.17) is 4.74 Å². The van der Waals surface area contributed by atoms with E-state index in [9.17, 15) is 5.11 Å². The van der Waals surface area contributed by atoms with Crippen molar-refractivity contribution in [2.75, 3.05) is 0 Å². The van der Waals surface area contributed by atoms with Crippen LogP contribution in [0.2, 0.25) is 0 Å². The van der Waals surface area contributed by atoms with E-state index in [0.717, 1.165) is 36.1 Å². The Hall–Kier alpha value is -1.80. The van der Waals surface area contributed by atoms with Gasteiger partial charge in [-0.05, 0) is 30.0 Å². The molecular formula is C19H22O2. The number of hydrogen-bond acceptors (Lipinski definition) is 2. The van der Waals surface area contributed by atoms with Crippen LogP contribution < -0.4 is 4.74 Å². The van der Waals surface area contributed by atoms with Gasteiger partial charge in [-0.25, -0.2) is 0 Å². The van der Waals surface area contributed by atoms with Gasteiger partial charge in [-0.2, -0.15) is 0 Å². The number of aliphatic hydroxyl groups is 1. The fourth-order valence-corrected chi connectivity index (χ4v) is 3.13. The topological polar surface area (TPSA) is 29.5 Å². The van der Waals surface area contributed by atoms with Crippen LogP contribution in [-0.2, 0) is 6.61 Å². The van der Waals surface area contributed by atoms with Crippen molar-refractivity contribution in [3.63, 3.8) is 0 Å². The third-order valence-electron chi connectivity index (χ3n) is 4.29. The van der Waals surface area contributed by atoms with Gasteiger partial charge in [-0.3, -0.25) is 0 Å². The summed E-state index contributed by atoms with van der Waals surface area (Å²) in [5.41, 5.74) is 2.32. The lowest BCUT2D eigenvalue weighted by Crippen LogP contribution is -2.23. The lowest BCUT2D eigenvalue weighted by atomic mass is 9.81. The van der Waals surface area contributed by atoms with Crippen LogP contribution in [0.25, 0.3) is 0 Å². The third-order valence-corrected chi connectivity index (χ3v) is 4.29. The van der Waals surface area contributed by atoms with Gasteiger partial charge in [0.15, 0.2) is 0 Å². The van der Waals surface area contributed by atoms with Crippen molar-refractivity contribution < 1.29 is 9.84 Å². The number of hydrogen-bond donors (Lipinski definition) is 1. The monoisotopic (exact) mass is 282 g/mol. The Morgan fingerprint density at radius 1 is 0.905 bits per heavy atom. The molecule has 0 saturated heterocycles. The molecule has 1 N–H and O–H groups in total. The lowest BCUT2D eigenvalue weighted by molar-refractivity contribution is 0.104. The number of ether oxygens (including phenoxy) is 1. The molecule has 1 aliphatic rings. The van der Waals surface area contributed by atoms with Crippen molar-refractivity contribution >= 4 is 0 Å². The minimum Gasteiger partial charge on any atom is -0.489 e. The molecule has 2 nitrogen and oxygen atoms in total. The summed E-state index contributed by atoms with van der Waals surface area (Å²) in [5, 5.41) is 10.3. The second-order valence-corrected chi connectivity index (χ2v) is 5.77. The summed E-state index contributed by atoms with van der Waals surface area (Å²) in [6, 6.07) is 18.3. The highest BCUT2D eigenvalue weighted by Crippen LogP contribution is 2.37. The maximum Gasteiger partial charge on any atom is 0.123 e. The Morgan fingerprint density at radius 3 is 2.43 bits per heavy atom. The molecule has 1 aliphatic carbocycles. The zero-order valence-corrected chi connectivity index (χ0v) is 12.2. The molecule has 0 amide bonds. The summed E-state index contributed by atoms with van der Waals surface area (Å²) in [6.45, 7) is 0.570. The minimum atomic E-state index is -0.236. The van der Waals surface area contributed by atoms with Crippen molar-refractivity contribution in [2.24, 2.45) is 0 Å². The fraction of sp³-hybridized carbons (Fsp3) is 0.368. The van der Waals surface area contributed by atoms with Crippen LogP contribution in [0.3, 0.4) is 0 Å². The molecule has 2 heteroatoms. The predicted molar refractivity (Wildman–Crippen MR) is 84.4 cm³/mol. The summed E-state index contributed by atoms with van der Waals surface area (Å²) in [4.78, 5) is 0. The predicted octanol–water partition coefficient (Wildman–Crippen LogP) is 4.28. The van der Waals surface area contributed by atoms with Crippen molar-refractivity contribution in [1.29, 1.82) is 0 Å². The third kappa shape index (κ3) is 3.45. The molecule has 0 bridgehead atoms. The maximum atomic E-state index is 10.3. The molecule has 2 unspecified atom stereocenters. The van der Waals surface area contributed by atoms with Gasteiger partial charge in [-0.15, -0.1) is 0 Å². The molecule has 110 valence electrons. The molecule has 2 aromatic carbocycles. The molecule has 1 fully saturated rings. The first-order valence-corrected chi connectivity index (χ1v) is 7.78. The molecule has 0 heterocycles. The Morgan fingerprint density at radius 2 is 1.62 bits per heavy atom. The van der Waals surface area contributed by atoms with Gasteiger partial charge in [0, 0.05) is 5.92 Å². The Kier molecular flexibility index (Phi) is 4.56. The molecule has 0 spiro atoms. The maximum absolute atomic E-state index is 10.3. The quantitative estimate of drug-likeness (QED) is 0.906. The van der Waals surface area contributed by atoms with Gasteiger partial charge in [-0.1, -0.05) is 61.4 Å². The highest BCUT2D eigenvalue weighted by molar-refractivity contribution is 5.37. The first kappa shape index (κ1) is 14.2. The molecule has 21 heavy (non-hydrogen) atoms. The highest BCUT2D eigenvalue weighted by atomic mass is 16.5. The van der Waals surface area contributed by atoms with E-state index < -0.39 is 0 Å². The smallest absolute Gasteiger partial charge is 0.123 e. The Bertz CT molecular complexity index is 565. The largest absolute Gasteiger partial charge is 0.489 e. The summed E-state index contributed by atoms with van der Waals surface area (Å²) in [5.74, 6) is 1.12. The van der Waals surface area contributed by atoms with Crippen molar-refractivity contribution in [2.45, 2.75) is 44.3 Å². The molecule has 2 atom stereocenters. The van der Waals surface area contributed by atoms with E-state index in [1.165, 1.54) is 6.42 Å². The van der Waals surface area contributed by atoms with Crippen LogP contribution in [0, 0.1) is 0 Å². The van der Waals surface area contributed by atoms with E-state index >= 15 is 0 Å². The van der Waals surface area contributed by atoms with Crippen molar-refractivity contribution in [3.8, 4) is 5.75 Å². The second kappa shape index (κ2) is 6.77. The van der Waals surface area contributed by atoms with Crippen LogP contribution in [0.15, 0.2) is 54.6 Å². The van der Waals surface area contributed by atoms with Gasteiger partial charge >= 0.3 is 0 Å². The minimum absolute atomic E-state index is 0.214. The fourth-order valence-electron chi connectivity index (χ4n) is 3.13. The molecule has 3 rings (SSSR count). The molecule has 0 aromatic heterocycles. The summed E-state index contributed by atoms with van der Waals surface area (Å²) < 4.78 is 6.01. The number of benzene rings is 2. The van der Waals surface area contributed by atoms with E-state index in [1.54, 1.807) is 0 Å². The molecule has 0 radical (unpaired) electrons. The molecule has 0 aliphatic heterocycles. The van der Waals surface area contributed by atoms with E-state index in [-0.39, 0.29) is 12.0 Å². The molecule has 1 saturated carbocycles. The van der Waals surface area contributed by atoms with E-state index in [2.05, 4.69) is 18.2 Å². The molecular weight excluding hydrogens is 260 g/mol. The number of para-hydroxylation sites is 1. The van der Waals surface area contributed by atoms with Crippen LogP contribution in [-0.4, -0.2) is 11.2 Å². The van der Waals surface area contributed by atoms with Crippen LogP contribution in [0.4, 0.5) is 0 Å². The Balaban J connectivity index is 1.76. The van der Waals surface area contributed by atoms with Gasteiger partial charge in [0.25, 0.3) is 0 Å². The summed E-state index contributed by atoms with van der Waals surface area (Å²) in [7, 11) is 0. The average Bonchev–Trinajstić information content (AvgIpc) is 2.55. The van der Waals surface area contributed by atoms with E-state index in [0.29, 0.717) is 6.61 Å². The van der Waals surface area contributed by atoms with Gasteiger partial charge < -0.3 is 9.84 Å². The van der Waals surface area contributed by atoms with Crippen molar-refractivity contribution in [1.82, 2.24) is 0 Å². The number of rotatable bonds is 4. The first-order chi connectivity index (χ1) is 10.3. The second-order valence-electron chi connectivity index (χ2n) is 5.77. The van der Waals surface area contributed by atoms with Gasteiger partial charge in [0.1, 0.15) is 12.4 Å². The van der Waals surface area contributed by atoms with E-state index in [1.807, 2.05) is 36.4 Å². The zero-order valence-electron chi connectivity index (χ0n) is 12.2. The summed E-state index contributed by atoms with van der Waals surface area (Å²) in [6.07, 6.45) is 4.03. The average molecular weight is 282 g/mol.